The fraction of sp³-hybridized carbons (Fsp3) is 0.448. The SMILES string of the molecule is Cc1[nH]c2ccccc2c1COc1ccc(C(=O)NC[C@@H](C(=O)NO)N2CCCC(CN(C)C)CC2)cc1. The van der Waals surface area contributed by atoms with E-state index in [-0.39, 0.29) is 12.5 Å². The maximum atomic E-state index is 12.9. The number of aromatic nitrogens is 1. The van der Waals surface area contributed by atoms with E-state index >= 15 is 0 Å². The molecular weight excluding hydrogens is 482 g/mol. The summed E-state index contributed by atoms with van der Waals surface area (Å²) in [5.74, 6) is 0.455. The van der Waals surface area contributed by atoms with Gasteiger partial charge >= 0.3 is 0 Å². The van der Waals surface area contributed by atoms with Gasteiger partial charge < -0.3 is 19.9 Å². The van der Waals surface area contributed by atoms with Gasteiger partial charge in [-0.1, -0.05) is 18.2 Å². The summed E-state index contributed by atoms with van der Waals surface area (Å²) in [5.41, 5.74) is 5.52. The maximum Gasteiger partial charge on any atom is 0.262 e. The zero-order valence-corrected chi connectivity index (χ0v) is 22.5. The Labute approximate surface area is 224 Å². The van der Waals surface area contributed by atoms with Gasteiger partial charge in [0.2, 0.25) is 0 Å². The molecule has 4 rings (SSSR count). The van der Waals surface area contributed by atoms with Crippen molar-refractivity contribution in [2.75, 3.05) is 40.3 Å². The molecule has 3 aromatic rings. The third-order valence-electron chi connectivity index (χ3n) is 7.34. The minimum absolute atomic E-state index is 0.113. The van der Waals surface area contributed by atoms with Crippen molar-refractivity contribution in [3.05, 3.63) is 65.4 Å². The predicted molar refractivity (Wildman–Crippen MR) is 147 cm³/mol. The summed E-state index contributed by atoms with van der Waals surface area (Å²) in [6.07, 6.45) is 3.05. The minimum Gasteiger partial charge on any atom is -0.489 e. The van der Waals surface area contributed by atoms with Crippen LogP contribution in [0.15, 0.2) is 48.5 Å². The van der Waals surface area contributed by atoms with Gasteiger partial charge in [0.05, 0.1) is 0 Å². The average Bonchev–Trinajstić information content (AvgIpc) is 3.06. The van der Waals surface area contributed by atoms with Crippen molar-refractivity contribution in [1.29, 1.82) is 0 Å². The van der Waals surface area contributed by atoms with Crippen LogP contribution in [-0.2, 0) is 11.4 Å². The van der Waals surface area contributed by atoms with Crippen LogP contribution in [0, 0.1) is 12.8 Å². The minimum atomic E-state index is -0.635. The molecule has 4 N–H and O–H groups in total. The number of amides is 2. The van der Waals surface area contributed by atoms with E-state index < -0.39 is 11.9 Å². The molecule has 1 saturated heterocycles. The zero-order chi connectivity index (χ0) is 27.1. The highest BCUT2D eigenvalue weighted by Gasteiger charge is 2.29. The van der Waals surface area contributed by atoms with E-state index in [1.54, 1.807) is 29.7 Å². The van der Waals surface area contributed by atoms with E-state index in [2.05, 4.69) is 40.3 Å². The first-order valence-electron chi connectivity index (χ1n) is 13.3. The Morgan fingerprint density at radius 2 is 1.89 bits per heavy atom. The van der Waals surface area contributed by atoms with E-state index in [1.165, 1.54) is 0 Å². The van der Waals surface area contributed by atoms with Gasteiger partial charge in [0, 0.05) is 40.8 Å². The number of para-hydroxylation sites is 1. The summed E-state index contributed by atoms with van der Waals surface area (Å²) in [6, 6.07) is 14.5. The number of likely N-dealkylation sites (tertiary alicyclic amines) is 1. The van der Waals surface area contributed by atoms with Gasteiger partial charge in [0.15, 0.2) is 0 Å². The second-order valence-electron chi connectivity index (χ2n) is 10.4. The second kappa shape index (κ2) is 12.9. The summed E-state index contributed by atoms with van der Waals surface area (Å²) in [4.78, 5) is 33.0. The van der Waals surface area contributed by atoms with E-state index in [0.29, 0.717) is 23.8 Å². The third kappa shape index (κ3) is 6.92. The summed E-state index contributed by atoms with van der Waals surface area (Å²) in [5, 5.41) is 13.3. The molecule has 1 unspecified atom stereocenters. The van der Waals surface area contributed by atoms with Crippen LogP contribution in [0.25, 0.3) is 10.9 Å². The molecule has 1 aromatic heterocycles. The van der Waals surface area contributed by atoms with Crippen molar-refractivity contribution < 1.29 is 19.5 Å². The Hall–Kier alpha value is -3.40. The van der Waals surface area contributed by atoms with Crippen molar-refractivity contribution in [3.63, 3.8) is 0 Å². The molecule has 1 aliphatic rings. The van der Waals surface area contributed by atoms with Gasteiger partial charge in [-0.15, -0.1) is 0 Å². The number of aromatic amines is 1. The quantitative estimate of drug-likeness (QED) is 0.241. The van der Waals surface area contributed by atoms with Crippen LogP contribution in [0.5, 0.6) is 5.75 Å². The lowest BCUT2D eigenvalue weighted by Crippen LogP contribution is -2.52. The monoisotopic (exact) mass is 521 g/mol. The number of carbonyl (C=O) groups excluding carboxylic acids is 2. The van der Waals surface area contributed by atoms with Gasteiger partial charge in [-0.3, -0.25) is 19.7 Å². The number of rotatable bonds is 10. The first kappa shape index (κ1) is 27.6. The lowest BCUT2D eigenvalue weighted by Gasteiger charge is -2.29. The maximum absolute atomic E-state index is 12.9. The molecule has 38 heavy (non-hydrogen) atoms. The van der Waals surface area contributed by atoms with Crippen molar-refractivity contribution in [2.45, 2.75) is 38.8 Å². The molecule has 1 aliphatic heterocycles. The Kier molecular flexibility index (Phi) is 9.38. The molecule has 9 nitrogen and oxygen atoms in total. The average molecular weight is 522 g/mol. The number of hydroxylamine groups is 1. The van der Waals surface area contributed by atoms with Gasteiger partial charge in [-0.05, 0) is 89.6 Å². The molecule has 0 spiro atoms. The summed E-state index contributed by atoms with van der Waals surface area (Å²) < 4.78 is 6.00. The Bertz CT molecular complexity index is 1220. The molecule has 0 saturated carbocycles. The first-order chi connectivity index (χ1) is 18.4. The number of hydrogen-bond donors (Lipinski definition) is 4. The van der Waals surface area contributed by atoms with E-state index in [4.69, 9.17) is 4.74 Å². The van der Waals surface area contributed by atoms with E-state index in [9.17, 15) is 14.8 Å². The van der Waals surface area contributed by atoms with E-state index in [0.717, 1.165) is 61.1 Å². The first-order valence-corrected chi connectivity index (χ1v) is 13.3. The molecule has 1 fully saturated rings. The zero-order valence-electron chi connectivity index (χ0n) is 22.5. The van der Waals surface area contributed by atoms with Gasteiger partial charge in [-0.2, -0.15) is 0 Å². The van der Waals surface area contributed by atoms with Gasteiger partial charge in [0.1, 0.15) is 18.4 Å². The Morgan fingerprint density at radius 3 is 2.63 bits per heavy atom. The number of nitrogens with one attached hydrogen (secondary N) is 3. The number of ether oxygens (including phenoxy) is 1. The number of aryl methyl sites for hydroxylation is 1. The van der Waals surface area contributed by atoms with Crippen LogP contribution in [0.1, 0.15) is 40.9 Å². The highest BCUT2D eigenvalue weighted by molar-refractivity contribution is 5.94. The normalized spacial score (nSPS) is 17.2. The highest BCUT2D eigenvalue weighted by Crippen LogP contribution is 2.24. The lowest BCUT2D eigenvalue weighted by molar-refractivity contribution is -0.134. The number of carbonyl (C=O) groups is 2. The number of fused-ring (bicyclic) bond motifs is 1. The molecule has 2 heterocycles. The molecule has 9 heteroatoms. The van der Waals surface area contributed by atoms with Crippen LogP contribution in [-0.4, -0.2) is 78.1 Å². The topological polar surface area (TPSA) is 110 Å². The Balaban J connectivity index is 1.32. The predicted octanol–water partition coefficient (Wildman–Crippen LogP) is 3.32. The lowest BCUT2D eigenvalue weighted by atomic mass is 10.0. The van der Waals surface area contributed by atoms with Crippen molar-refractivity contribution in [1.82, 2.24) is 25.6 Å². The van der Waals surface area contributed by atoms with Gasteiger partial charge in [0.25, 0.3) is 11.8 Å². The molecule has 0 radical (unpaired) electrons. The molecule has 2 amide bonds. The smallest absolute Gasteiger partial charge is 0.262 e. The number of benzene rings is 2. The fourth-order valence-electron chi connectivity index (χ4n) is 5.33. The van der Waals surface area contributed by atoms with Crippen molar-refractivity contribution >= 4 is 22.7 Å². The standard InChI is InChI=1S/C29H39N5O4/c1-20-25(24-8-4-5-9-26(24)31-20)19-38-23-12-10-22(11-13-23)28(35)30-17-27(29(36)32-37)34-15-6-7-21(14-16-34)18-33(2)3/h4-5,8-13,21,27,31,37H,6-7,14-19H2,1-3H3,(H,30,35)(H,32,36)/t21?,27-/m0/s1. The van der Waals surface area contributed by atoms with Gasteiger partial charge in [-0.25, -0.2) is 5.48 Å². The molecular formula is C29H39N5O4. The van der Waals surface area contributed by atoms with Crippen LogP contribution in [0.4, 0.5) is 0 Å². The molecule has 0 bridgehead atoms. The highest BCUT2D eigenvalue weighted by atomic mass is 16.5. The second-order valence-corrected chi connectivity index (χ2v) is 10.4. The molecule has 0 aliphatic carbocycles. The Morgan fingerprint density at radius 1 is 1.13 bits per heavy atom. The van der Waals surface area contributed by atoms with Crippen molar-refractivity contribution in [3.8, 4) is 5.75 Å². The summed E-state index contributed by atoms with van der Waals surface area (Å²) >= 11 is 0. The summed E-state index contributed by atoms with van der Waals surface area (Å²) in [6.45, 7) is 5.08. The fourth-order valence-corrected chi connectivity index (χ4v) is 5.33. The number of hydrogen-bond acceptors (Lipinski definition) is 6. The molecule has 2 aromatic carbocycles. The number of nitrogens with zero attached hydrogens (tertiary/aromatic N) is 2. The molecule has 2 atom stereocenters. The third-order valence-corrected chi connectivity index (χ3v) is 7.34. The van der Waals surface area contributed by atoms with Crippen LogP contribution in [0.2, 0.25) is 0 Å². The van der Waals surface area contributed by atoms with Crippen molar-refractivity contribution in [2.24, 2.45) is 5.92 Å². The van der Waals surface area contributed by atoms with Crippen LogP contribution in [0.3, 0.4) is 0 Å². The van der Waals surface area contributed by atoms with Crippen LogP contribution < -0.4 is 15.5 Å². The van der Waals surface area contributed by atoms with Crippen LogP contribution >= 0.6 is 0 Å². The summed E-state index contributed by atoms with van der Waals surface area (Å²) in [7, 11) is 4.15. The number of H-pyrrole nitrogens is 1. The van der Waals surface area contributed by atoms with E-state index in [1.807, 2.05) is 25.1 Å². The largest absolute Gasteiger partial charge is 0.489 e. The molecule has 204 valence electrons.